The third-order valence-electron chi connectivity index (χ3n) is 3.40. The van der Waals surface area contributed by atoms with Crippen LogP contribution in [0.1, 0.15) is 11.1 Å². The molecule has 3 rings (SSSR count). The number of nitrogens with zero attached hydrogens (tertiary/aromatic N) is 2. The van der Waals surface area contributed by atoms with Crippen molar-refractivity contribution in [3.8, 4) is 11.1 Å². The van der Waals surface area contributed by atoms with Crippen molar-refractivity contribution in [1.82, 2.24) is 9.88 Å². The van der Waals surface area contributed by atoms with Crippen LogP contribution in [0.25, 0.3) is 11.1 Å². The third-order valence-corrected chi connectivity index (χ3v) is 3.40. The van der Waals surface area contributed by atoms with Crippen LogP contribution in [-0.4, -0.2) is 23.5 Å². The first-order chi connectivity index (χ1) is 8.33. The molecular weight excluding hydrogens is 208 g/mol. The Labute approximate surface area is 102 Å². The Bertz CT molecular complexity index is 520. The van der Waals surface area contributed by atoms with Gasteiger partial charge >= 0.3 is 0 Å². The van der Waals surface area contributed by atoms with Gasteiger partial charge in [0.2, 0.25) is 0 Å². The zero-order valence-electron chi connectivity index (χ0n) is 10.1. The molecule has 1 aromatic heterocycles. The smallest absolute Gasteiger partial charge is 0.0346 e. The second-order valence-electron chi connectivity index (χ2n) is 4.71. The monoisotopic (exact) mass is 224 g/mol. The molecule has 2 heteroatoms. The van der Waals surface area contributed by atoms with Gasteiger partial charge in [-0.05, 0) is 41.8 Å². The van der Waals surface area contributed by atoms with Gasteiger partial charge < -0.3 is 4.90 Å². The lowest BCUT2D eigenvalue weighted by Gasteiger charge is -2.25. The maximum absolute atomic E-state index is 4.18. The highest BCUT2D eigenvalue weighted by atomic mass is 15.1. The van der Waals surface area contributed by atoms with Crippen molar-refractivity contribution in [3.63, 3.8) is 0 Å². The van der Waals surface area contributed by atoms with Gasteiger partial charge in [0.15, 0.2) is 0 Å². The summed E-state index contributed by atoms with van der Waals surface area (Å²) in [6.07, 6.45) is 4.90. The first kappa shape index (κ1) is 10.5. The van der Waals surface area contributed by atoms with E-state index in [2.05, 4.69) is 41.2 Å². The molecule has 0 radical (unpaired) electrons. The highest BCUT2D eigenvalue weighted by Crippen LogP contribution is 2.25. The zero-order chi connectivity index (χ0) is 11.7. The van der Waals surface area contributed by atoms with Crippen LogP contribution in [-0.2, 0) is 13.0 Å². The van der Waals surface area contributed by atoms with Crippen molar-refractivity contribution in [2.75, 3.05) is 13.6 Å². The van der Waals surface area contributed by atoms with Crippen LogP contribution in [0, 0.1) is 0 Å². The minimum atomic E-state index is 1.07. The minimum absolute atomic E-state index is 1.07. The highest BCUT2D eigenvalue weighted by molar-refractivity contribution is 5.64. The molecule has 0 spiro atoms. The molecule has 2 heterocycles. The number of rotatable bonds is 1. The van der Waals surface area contributed by atoms with Crippen molar-refractivity contribution in [1.29, 1.82) is 0 Å². The average Bonchev–Trinajstić information content (AvgIpc) is 2.39. The summed E-state index contributed by atoms with van der Waals surface area (Å²) < 4.78 is 0. The van der Waals surface area contributed by atoms with Gasteiger partial charge in [0.05, 0.1) is 0 Å². The Morgan fingerprint density at radius 3 is 2.88 bits per heavy atom. The van der Waals surface area contributed by atoms with E-state index in [0.717, 1.165) is 19.5 Å². The van der Waals surface area contributed by atoms with E-state index in [4.69, 9.17) is 0 Å². The number of hydrogen-bond acceptors (Lipinski definition) is 2. The van der Waals surface area contributed by atoms with Crippen LogP contribution in [0.3, 0.4) is 0 Å². The average molecular weight is 224 g/mol. The van der Waals surface area contributed by atoms with Gasteiger partial charge in [-0.15, -0.1) is 0 Å². The Morgan fingerprint density at radius 2 is 2.06 bits per heavy atom. The van der Waals surface area contributed by atoms with E-state index in [1.54, 1.807) is 0 Å². The number of aromatic nitrogens is 1. The SMILES string of the molecule is CN1CCc2cc(-c3cccnc3)ccc2C1. The van der Waals surface area contributed by atoms with E-state index >= 15 is 0 Å². The quantitative estimate of drug-likeness (QED) is 0.740. The van der Waals surface area contributed by atoms with Gasteiger partial charge in [0.1, 0.15) is 0 Å². The summed E-state index contributed by atoms with van der Waals surface area (Å²) in [7, 11) is 2.18. The molecule has 0 saturated carbocycles. The van der Waals surface area contributed by atoms with Gasteiger partial charge in [0.25, 0.3) is 0 Å². The summed E-state index contributed by atoms with van der Waals surface area (Å²) >= 11 is 0. The summed E-state index contributed by atoms with van der Waals surface area (Å²) in [4.78, 5) is 6.54. The number of likely N-dealkylation sites (N-methyl/N-ethyl adjacent to an activating group) is 1. The van der Waals surface area contributed by atoms with Gasteiger partial charge in [-0.25, -0.2) is 0 Å². The second-order valence-corrected chi connectivity index (χ2v) is 4.71. The largest absolute Gasteiger partial charge is 0.302 e. The van der Waals surface area contributed by atoms with E-state index in [0.29, 0.717) is 0 Å². The van der Waals surface area contributed by atoms with Crippen molar-refractivity contribution >= 4 is 0 Å². The summed E-state index contributed by atoms with van der Waals surface area (Å²) in [5.41, 5.74) is 5.44. The Kier molecular flexibility index (Phi) is 2.65. The van der Waals surface area contributed by atoms with E-state index in [1.807, 2.05) is 18.5 Å². The Hall–Kier alpha value is -1.67. The van der Waals surface area contributed by atoms with Crippen LogP contribution in [0.15, 0.2) is 42.7 Å². The lowest BCUT2D eigenvalue weighted by molar-refractivity contribution is 0.313. The molecule has 2 aromatic rings. The molecule has 0 unspecified atom stereocenters. The number of fused-ring (bicyclic) bond motifs is 1. The van der Waals surface area contributed by atoms with Crippen LogP contribution >= 0.6 is 0 Å². The van der Waals surface area contributed by atoms with Crippen molar-refractivity contribution in [2.24, 2.45) is 0 Å². The predicted octanol–water partition coefficient (Wildman–Crippen LogP) is 2.74. The molecule has 0 saturated heterocycles. The van der Waals surface area contributed by atoms with Gasteiger partial charge in [-0.3, -0.25) is 4.98 Å². The second kappa shape index (κ2) is 4.30. The van der Waals surface area contributed by atoms with Crippen molar-refractivity contribution < 1.29 is 0 Å². The van der Waals surface area contributed by atoms with Crippen LogP contribution in [0.2, 0.25) is 0 Å². The molecule has 2 nitrogen and oxygen atoms in total. The first-order valence-corrected chi connectivity index (χ1v) is 6.04. The normalized spacial score (nSPS) is 15.6. The molecule has 0 amide bonds. The molecule has 0 atom stereocenters. The predicted molar refractivity (Wildman–Crippen MR) is 69.7 cm³/mol. The molecule has 86 valence electrons. The first-order valence-electron chi connectivity index (χ1n) is 6.04. The van der Waals surface area contributed by atoms with E-state index in [-0.39, 0.29) is 0 Å². The van der Waals surface area contributed by atoms with Gasteiger partial charge in [0, 0.05) is 25.5 Å². The number of hydrogen-bond donors (Lipinski definition) is 0. The van der Waals surface area contributed by atoms with Crippen LogP contribution in [0.5, 0.6) is 0 Å². The molecule has 1 aliphatic rings. The van der Waals surface area contributed by atoms with Crippen molar-refractivity contribution in [3.05, 3.63) is 53.9 Å². The van der Waals surface area contributed by atoms with Crippen molar-refractivity contribution in [2.45, 2.75) is 13.0 Å². The Morgan fingerprint density at radius 1 is 1.12 bits per heavy atom. The molecule has 0 aliphatic carbocycles. The van der Waals surface area contributed by atoms with Gasteiger partial charge in [-0.2, -0.15) is 0 Å². The molecule has 1 aromatic carbocycles. The van der Waals surface area contributed by atoms with Crippen LogP contribution in [0.4, 0.5) is 0 Å². The Balaban J connectivity index is 1.99. The lowest BCUT2D eigenvalue weighted by Crippen LogP contribution is -2.26. The number of pyridine rings is 1. The van der Waals surface area contributed by atoms with E-state index < -0.39 is 0 Å². The topological polar surface area (TPSA) is 16.1 Å². The van der Waals surface area contributed by atoms with Crippen LogP contribution < -0.4 is 0 Å². The minimum Gasteiger partial charge on any atom is -0.302 e. The maximum Gasteiger partial charge on any atom is 0.0346 e. The standard InChI is InChI=1S/C15H16N2/c1-17-8-6-13-9-12(4-5-15(13)11-17)14-3-2-7-16-10-14/h2-5,7,9-10H,6,8,11H2,1H3. The summed E-state index contributed by atoms with van der Waals surface area (Å²) in [5.74, 6) is 0. The molecule has 1 aliphatic heterocycles. The summed E-state index contributed by atoms with van der Waals surface area (Å²) in [6, 6.07) is 10.9. The molecule has 0 fully saturated rings. The molecule has 0 bridgehead atoms. The third kappa shape index (κ3) is 2.08. The summed E-state index contributed by atoms with van der Waals surface area (Å²) in [6.45, 7) is 2.23. The van der Waals surface area contributed by atoms with E-state index in [9.17, 15) is 0 Å². The fraction of sp³-hybridized carbons (Fsp3) is 0.267. The highest BCUT2D eigenvalue weighted by Gasteiger charge is 2.13. The fourth-order valence-corrected chi connectivity index (χ4v) is 2.41. The number of benzene rings is 1. The maximum atomic E-state index is 4.18. The van der Waals surface area contributed by atoms with E-state index in [1.165, 1.54) is 22.3 Å². The molecule has 17 heavy (non-hydrogen) atoms. The molecular formula is C15H16N2. The zero-order valence-corrected chi connectivity index (χ0v) is 10.1. The summed E-state index contributed by atoms with van der Waals surface area (Å²) in [5, 5.41) is 0. The van der Waals surface area contributed by atoms with Gasteiger partial charge in [-0.1, -0.05) is 24.3 Å². The lowest BCUT2D eigenvalue weighted by atomic mass is 9.95. The fourth-order valence-electron chi connectivity index (χ4n) is 2.41. The molecule has 0 N–H and O–H groups in total.